The summed E-state index contributed by atoms with van der Waals surface area (Å²) in [5, 5.41) is 16.0. The Bertz CT molecular complexity index is 1740. The van der Waals surface area contributed by atoms with Gasteiger partial charge in [0.25, 0.3) is 0 Å². The van der Waals surface area contributed by atoms with E-state index in [2.05, 4.69) is 20.2 Å². The molecule has 2 aromatic heterocycles. The summed E-state index contributed by atoms with van der Waals surface area (Å²) in [6, 6.07) is 17.8. The Hall–Kier alpha value is -4.37. The topological polar surface area (TPSA) is 83.4 Å². The van der Waals surface area contributed by atoms with Crippen LogP contribution in [0, 0.1) is 11.6 Å². The normalized spacial score (nSPS) is 18.5. The average molecular weight is 540 g/mol. The number of ether oxygens (including phenoxy) is 1. The van der Waals surface area contributed by atoms with Crippen LogP contribution in [0.15, 0.2) is 66.9 Å². The third-order valence-corrected chi connectivity index (χ3v) is 7.82. The largest absolute Gasteiger partial charge is 0.508 e. The monoisotopic (exact) mass is 539 g/mol. The molecule has 7 nitrogen and oxygen atoms in total. The fourth-order valence-corrected chi connectivity index (χ4v) is 5.93. The number of nitrogens with one attached hydrogen (secondary N) is 1. The van der Waals surface area contributed by atoms with Gasteiger partial charge in [0.2, 0.25) is 0 Å². The van der Waals surface area contributed by atoms with Gasteiger partial charge in [-0.3, -0.25) is 4.98 Å². The van der Waals surface area contributed by atoms with E-state index in [-0.39, 0.29) is 35.4 Å². The summed E-state index contributed by atoms with van der Waals surface area (Å²) < 4.78 is 36.4. The Morgan fingerprint density at radius 2 is 1.73 bits per heavy atom. The first-order valence-corrected chi connectivity index (χ1v) is 13.5. The van der Waals surface area contributed by atoms with Crippen molar-refractivity contribution in [2.75, 3.05) is 24.6 Å². The number of rotatable bonds is 6. The van der Waals surface area contributed by atoms with E-state index in [1.807, 2.05) is 24.3 Å². The quantitative estimate of drug-likeness (QED) is 0.299. The zero-order valence-corrected chi connectivity index (χ0v) is 21.6. The molecule has 0 saturated carbocycles. The zero-order valence-electron chi connectivity index (χ0n) is 21.6. The first-order valence-electron chi connectivity index (χ1n) is 13.5. The molecule has 2 atom stereocenters. The Labute approximate surface area is 229 Å². The highest BCUT2D eigenvalue weighted by Gasteiger charge is 2.34. The molecule has 5 aromatic rings. The number of aromatic hydroxyl groups is 1. The van der Waals surface area contributed by atoms with Crippen molar-refractivity contribution in [1.82, 2.24) is 20.3 Å². The fraction of sp³-hybridized carbons (Fsp3) is 0.258. The number of anilines is 1. The van der Waals surface area contributed by atoms with E-state index < -0.39 is 5.82 Å². The number of fused-ring (bicyclic) bond motifs is 4. The van der Waals surface area contributed by atoms with Gasteiger partial charge >= 0.3 is 6.01 Å². The first kappa shape index (κ1) is 24.7. The highest BCUT2D eigenvalue weighted by Crippen LogP contribution is 2.37. The van der Waals surface area contributed by atoms with Crippen LogP contribution in [0.3, 0.4) is 0 Å². The molecule has 4 heterocycles. The summed E-state index contributed by atoms with van der Waals surface area (Å²) in [4.78, 5) is 15.9. The predicted molar refractivity (Wildman–Crippen MR) is 150 cm³/mol. The van der Waals surface area contributed by atoms with Crippen molar-refractivity contribution in [3.05, 3.63) is 84.1 Å². The molecule has 0 amide bonds. The lowest BCUT2D eigenvalue weighted by Gasteiger charge is -2.34. The van der Waals surface area contributed by atoms with Crippen LogP contribution in [0.25, 0.3) is 32.9 Å². The number of aromatic nitrogens is 3. The van der Waals surface area contributed by atoms with Gasteiger partial charge < -0.3 is 20.1 Å². The molecule has 40 heavy (non-hydrogen) atoms. The molecule has 2 N–H and O–H groups in total. The standard InChI is InChI=1S/C31H27F2N5O2/c32-26-8-4-2-5-18(26)11-12-40-31-36-29-25(30(37-31)38-16-20-9-10-21(17-38)35-20)15-34-28(27(29)33)24-14-22(39)13-19-6-1-3-7-23(19)24/h1-8,13-15,20-21,35,39H,9-12,16-17H2. The third-order valence-electron chi connectivity index (χ3n) is 7.82. The number of halogens is 2. The van der Waals surface area contributed by atoms with Gasteiger partial charge in [0.1, 0.15) is 28.6 Å². The van der Waals surface area contributed by atoms with Crippen molar-refractivity contribution >= 4 is 27.5 Å². The summed E-state index contributed by atoms with van der Waals surface area (Å²) in [6.07, 6.45) is 4.09. The van der Waals surface area contributed by atoms with Crippen molar-refractivity contribution in [3.63, 3.8) is 0 Å². The number of pyridine rings is 1. The van der Waals surface area contributed by atoms with E-state index in [1.165, 1.54) is 12.1 Å². The SMILES string of the molecule is Oc1cc(-c2ncc3c(N4CC5CCC(C4)N5)nc(OCCc4ccccc4F)nc3c2F)c2ccccc2c1. The van der Waals surface area contributed by atoms with Crippen molar-refractivity contribution < 1.29 is 18.6 Å². The maximum atomic E-state index is 16.4. The smallest absolute Gasteiger partial charge is 0.319 e. The average Bonchev–Trinajstić information content (AvgIpc) is 3.30. The molecule has 2 aliphatic heterocycles. The van der Waals surface area contributed by atoms with Gasteiger partial charge in [0.05, 0.1) is 12.0 Å². The molecule has 7 rings (SSSR count). The van der Waals surface area contributed by atoms with E-state index in [0.717, 1.165) is 36.7 Å². The molecule has 2 saturated heterocycles. The van der Waals surface area contributed by atoms with Gasteiger partial charge in [-0.15, -0.1) is 0 Å². The first-order chi connectivity index (χ1) is 19.5. The van der Waals surface area contributed by atoms with Gasteiger partial charge in [0.15, 0.2) is 5.82 Å². The number of piperazine rings is 1. The van der Waals surface area contributed by atoms with E-state index in [9.17, 15) is 9.50 Å². The molecule has 0 aliphatic carbocycles. The van der Waals surface area contributed by atoms with Crippen molar-refractivity contribution in [2.24, 2.45) is 0 Å². The van der Waals surface area contributed by atoms with Crippen LogP contribution in [0.4, 0.5) is 14.6 Å². The molecule has 2 fully saturated rings. The number of phenolic OH excluding ortho intramolecular Hbond substituents is 1. The molecule has 3 aromatic carbocycles. The molecule has 9 heteroatoms. The Kier molecular flexibility index (Phi) is 6.15. The van der Waals surface area contributed by atoms with Crippen molar-refractivity contribution in [3.8, 4) is 23.0 Å². The van der Waals surface area contributed by atoms with Crippen LogP contribution in [0.1, 0.15) is 18.4 Å². The second kappa shape index (κ2) is 9.98. The molecule has 202 valence electrons. The number of hydrogen-bond acceptors (Lipinski definition) is 7. The summed E-state index contributed by atoms with van der Waals surface area (Å²) in [5.74, 6) is -0.327. The minimum atomic E-state index is -0.617. The number of nitrogens with zero attached hydrogens (tertiary/aromatic N) is 4. The highest BCUT2D eigenvalue weighted by atomic mass is 19.1. The van der Waals surface area contributed by atoms with Gasteiger partial charge in [0, 0.05) is 43.4 Å². The van der Waals surface area contributed by atoms with Gasteiger partial charge in [-0.1, -0.05) is 42.5 Å². The number of phenols is 1. The molecular formula is C31H27F2N5O2. The van der Waals surface area contributed by atoms with Gasteiger partial charge in [-0.2, -0.15) is 9.97 Å². The summed E-state index contributed by atoms with van der Waals surface area (Å²) >= 11 is 0. The zero-order chi connectivity index (χ0) is 27.2. The fourth-order valence-electron chi connectivity index (χ4n) is 5.93. The summed E-state index contributed by atoms with van der Waals surface area (Å²) in [6.45, 7) is 1.60. The summed E-state index contributed by atoms with van der Waals surface area (Å²) in [7, 11) is 0. The Morgan fingerprint density at radius 1 is 0.950 bits per heavy atom. The van der Waals surface area contributed by atoms with E-state index in [0.29, 0.717) is 40.8 Å². The minimum Gasteiger partial charge on any atom is -0.508 e. The van der Waals surface area contributed by atoms with Crippen LogP contribution in [0.5, 0.6) is 11.8 Å². The predicted octanol–water partition coefficient (Wildman–Crippen LogP) is 5.39. The van der Waals surface area contributed by atoms with Crippen LogP contribution in [-0.4, -0.2) is 51.8 Å². The van der Waals surface area contributed by atoms with Crippen molar-refractivity contribution in [2.45, 2.75) is 31.3 Å². The number of benzene rings is 3. The van der Waals surface area contributed by atoms with E-state index in [1.54, 1.807) is 30.5 Å². The molecule has 2 bridgehead atoms. The second-order valence-corrected chi connectivity index (χ2v) is 10.5. The summed E-state index contributed by atoms with van der Waals surface area (Å²) in [5.41, 5.74) is 1.17. The molecule has 2 unspecified atom stereocenters. The van der Waals surface area contributed by atoms with Crippen LogP contribution in [-0.2, 0) is 6.42 Å². The molecule has 0 radical (unpaired) electrons. The molecule has 2 aliphatic rings. The van der Waals surface area contributed by atoms with Crippen LogP contribution >= 0.6 is 0 Å². The molecular weight excluding hydrogens is 512 g/mol. The Morgan fingerprint density at radius 3 is 2.55 bits per heavy atom. The molecule has 0 spiro atoms. The maximum absolute atomic E-state index is 16.4. The lowest BCUT2D eigenvalue weighted by atomic mass is 10.0. The number of hydrogen-bond donors (Lipinski definition) is 2. The maximum Gasteiger partial charge on any atom is 0.319 e. The van der Waals surface area contributed by atoms with Gasteiger partial charge in [-0.25, -0.2) is 8.78 Å². The minimum absolute atomic E-state index is 0.0202. The van der Waals surface area contributed by atoms with Crippen LogP contribution < -0.4 is 15.0 Å². The van der Waals surface area contributed by atoms with E-state index >= 15 is 4.39 Å². The Balaban J connectivity index is 1.32. The third kappa shape index (κ3) is 4.46. The second-order valence-electron chi connectivity index (χ2n) is 10.5. The highest BCUT2D eigenvalue weighted by molar-refractivity contribution is 5.99. The van der Waals surface area contributed by atoms with Crippen LogP contribution in [0.2, 0.25) is 0 Å². The lowest BCUT2D eigenvalue weighted by molar-refractivity contribution is 0.295. The van der Waals surface area contributed by atoms with E-state index in [4.69, 9.17) is 9.72 Å². The lowest BCUT2D eigenvalue weighted by Crippen LogP contribution is -2.51. The van der Waals surface area contributed by atoms with Gasteiger partial charge in [-0.05, 0) is 47.4 Å². The van der Waals surface area contributed by atoms with Crippen molar-refractivity contribution in [1.29, 1.82) is 0 Å².